The summed E-state index contributed by atoms with van der Waals surface area (Å²) in [5.41, 5.74) is 2.62. The van der Waals surface area contributed by atoms with Gasteiger partial charge in [0, 0.05) is 12.5 Å². The first-order valence-corrected chi connectivity index (χ1v) is 9.30. The Morgan fingerprint density at radius 1 is 1.24 bits per heavy atom. The third kappa shape index (κ3) is 4.16. The Labute approximate surface area is 174 Å². The summed E-state index contributed by atoms with van der Waals surface area (Å²) in [6.07, 6.45) is 0.599. The van der Waals surface area contributed by atoms with E-state index in [2.05, 4.69) is 20.8 Å². The summed E-state index contributed by atoms with van der Waals surface area (Å²) < 4.78 is 20.2. The van der Waals surface area contributed by atoms with Gasteiger partial charge in [0.15, 0.2) is 5.82 Å². The van der Waals surface area contributed by atoms with Crippen molar-refractivity contribution in [3.05, 3.63) is 64.7 Å². The van der Waals surface area contributed by atoms with E-state index in [1.54, 1.807) is 30.3 Å². The van der Waals surface area contributed by atoms with E-state index < -0.39 is 5.91 Å². The summed E-state index contributed by atoms with van der Waals surface area (Å²) in [7, 11) is 0. The number of carbonyl (C=O) groups is 1. The number of aromatic nitrogens is 2. The number of benzene rings is 2. The van der Waals surface area contributed by atoms with Gasteiger partial charge in [0.05, 0.1) is 16.8 Å². The molecule has 0 spiro atoms. The summed E-state index contributed by atoms with van der Waals surface area (Å²) in [5, 5.41) is 9.86. The van der Waals surface area contributed by atoms with Gasteiger partial charge < -0.3 is 15.2 Å². The fourth-order valence-corrected chi connectivity index (χ4v) is 3.27. The molecule has 6 nitrogen and oxygen atoms in total. The summed E-state index contributed by atoms with van der Waals surface area (Å²) >= 11 is 0. The van der Waals surface area contributed by atoms with Crippen molar-refractivity contribution in [1.29, 1.82) is 0 Å². The first kappa shape index (κ1) is 21.0. The molecule has 1 amide bonds. The Kier molecular flexibility index (Phi) is 6.30. The smallest absolute Gasteiger partial charge is 0.258 e. The number of hydrogen-bond donors (Lipinski definition) is 2. The van der Waals surface area contributed by atoms with Crippen molar-refractivity contribution in [1.82, 2.24) is 15.5 Å². The van der Waals surface area contributed by atoms with Crippen LogP contribution in [0.3, 0.4) is 0 Å². The Morgan fingerprint density at radius 3 is 2.79 bits per heavy atom. The van der Waals surface area contributed by atoms with Gasteiger partial charge in [-0.15, -0.1) is 12.4 Å². The highest BCUT2D eigenvalue weighted by atomic mass is 35.5. The van der Waals surface area contributed by atoms with E-state index in [1.807, 2.05) is 19.9 Å². The minimum Gasteiger partial charge on any atom is -0.334 e. The van der Waals surface area contributed by atoms with Crippen LogP contribution in [0.25, 0.3) is 11.5 Å². The lowest BCUT2D eigenvalue weighted by Gasteiger charge is -2.19. The fourth-order valence-electron chi connectivity index (χ4n) is 3.27. The van der Waals surface area contributed by atoms with Crippen LogP contribution >= 0.6 is 12.4 Å². The molecule has 3 aromatic rings. The molecule has 0 aliphatic carbocycles. The zero-order valence-corrected chi connectivity index (χ0v) is 17.0. The van der Waals surface area contributed by atoms with Gasteiger partial charge in [0.2, 0.25) is 0 Å². The van der Waals surface area contributed by atoms with E-state index in [0.29, 0.717) is 35.5 Å². The maximum atomic E-state index is 14.9. The van der Waals surface area contributed by atoms with Gasteiger partial charge in [0.25, 0.3) is 11.8 Å². The van der Waals surface area contributed by atoms with Crippen molar-refractivity contribution in [2.45, 2.75) is 32.7 Å². The van der Waals surface area contributed by atoms with Crippen LogP contribution in [-0.2, 0) is 13.0 Å². The molecule has 2 heterocycles. The minimum absolute atomic E-state index is 0. The Balaban J connectivity index is 0.00000240. The lowest BCUT2D eigenvalue weighted by molar-refractivity contribution is 0.102. The molecule has 1 aliphatic rings. The molecule has 152 valence electrons. The summed E-state index contributed by atoms with van der Waals surface area (Å²) in [5.74, 6) is 0.154. The van der Waals surface area contributed by atoms with E-state index in [0.717, 1.165) is 12.1 Å². The molecule has 4 rings (SSSR count). The van der Waals surface area contributed by atoms with E-state index >= 15 is 0 Å². The Bertz CT molecular complexity index is 1040. The Morgan fingerprint density at radius 2 is 2.03 bits per heavy atom. The number of halogens is 2. The molecule has 0 saturated carbocycles. The quantitative estimate of drug-likeness (QED) is 0.662. The van der Waals surface area contributed by atoms with Crippen molar-refractivity contribution < 1.29 is 13.7 Å². The summed E-state index contributed by atoms with van der Waals surface area (Å²) in [6.45, 7) is 5.28. The number of rotatable bonds is 4. The topological polar surface area (TPSA) is 80.0 Å². The third-order valence-electron chi connectivity index (χ3n) is 4.82. The monoisotopic (exact) mass is 416 g/mol. The van der Waals surface area contributed by atoms with Crippen LogP contribution in [0.2, 0.25) is 0 Å². The largest absolute Gasteiger partial charge is 0.334 e. The van der Waals surface area contributed by atoms with Crippen LogP contribution in [0.1, 0.15) is 47.1 Å². The Hall–Kier alpha value is -2.77. The van der Waals surface area contributed by atoms with Crippen molar-refractivity contribution in [3.8, 4) is 11.5 Å². The lowest BCUT2D eigenvalue weighted by atomic mass is 9.99. The van der Waals surface area contributed by atoms with Crippen molar-refractivity contribution in [2.24, 2.45) is 0 Å². The van der Waals surface area contributed by atoms with Gasteiger partial charge in [-0.25, -0.2) is 4.39 Å². The fraction of sp³-hybridized carbons (Fsp3) is 0.286. The number of anilines is 1. The van der Waals surface area contributed by atoms with Crippen molar-refractivity contribution in [3.63, 3.8) is 0 Å². The van der Waals surface area contributed by atoms with E-state index in [-0.39, 0.29) is 35.7 Å². The average Bonchev–Trinajstić information content (AvgIpc) is 3.21. The average molecular weight is 417 g/mol. The number of amides is 1. The van der Waals surface area contributed by atoms with Gasteiger partial charge in [0.1, 0.15) is 5.82 Å². The maximum absolute atomic E-state index is 14.9. The van der Waals surface area contributed by atoms with Gasteiger partial charge in [-0.05, 0) is 42.3 Å². The van der Waals surface area contributed by atoms with E-state index in [1.165, 1.54) is 0 Å². The molecule has 1 aliphatic heterocycles. The molecule has 1 aromatic heterocycles. The lowest BCUT2D eigenvalue weighted by Crippen LogP contribution is -2.25. The standard InChI is InChI=1S/C21H21FN4O2.ClH/c1-12(2)19-25-21(28-26-19)16-6-4-3-5-15(16)20(27)24-17-8-7-13-11-23-10-9-14(13)18(17)22;/h3-8,12,23H,9-11H2,1-2H3,(H,24,27);1H. The normalized spacial score (nSPS) is 13.0. The molecule has 0 bridgehead atoms. The van der Waals surface area contributed by atoms with E-state index in [9.17, 15) is 9.18 Å². The van der Waals surface area contributed by atoms with E-state index in [4.69, 9.17) is 4.52 Å². The SMILES string of the molecule is CC(C)c1noc(-c2ccccc2C(=O)Nc2ccc3c(c2F)CCNC3)n1.Cl. The van der Waals surface area contributed by atoms with Gasteiger partial charge in [-0.3, -0.25) is 4.79 Å². The highest BCUT2D eigenvalue weighted by Gasteiger charge is 2.21. The second-order valence-corrected chi connectivity index (χ2v) is 7.10. The molecule has 2 aromatic carbocycles. The summed E-state index contributed by atoms with van der Waals surface area (Å²) in [4.78, 5) is 17.3. The van der Waals surface area contributed by atoms with Gasteiger partial charge in [-0.1, -0.05) is 37.2 Å². The van der Waals surface area contributed by atoms with Gasteiger partial charge >= 0.3 is 0 Å². The molecule has 0 unspecified atom stereocenters. The van der Waals surface area contributed by atoms with Crippen LogP contribution in [0.15, 0.2) is 40.9 Å². The highest BCUT2D eigenvalue weighted by Crippen LogP contribution is 2.27. The number of hydrogen-bond acceptors (Lipinski definition) is 5. The minimum atomic E-state index is -0.423. The number of nitrogens with one attached hydrogen (secondary N) is 2. The first-order valence-electron chi connectivity index (χ1n) is 9.30. The second kappa shape index (κ2) is 8.71. The first-order chi connectivity index (χ1) is 13.5. The zero-order chi connectivity index (χ0) is 19.7. The number of fused-ring (bicyclic) bond motifs is 1. The number of carbonyl (C=O) groups excluding carboxylic acids is 1. The molecule has 0 radical (unpaired) electrons. The molecular formula is C21H22ClFN4O2. The predicted molar refractivity (Wildman–Crippen MR) is 111 cm³/mol. The molecule has 0 atom stereocenters. The van der Waals surface area contributed by atoms with Crippen LogP contribution in [0.4, 0.5) is 10.1 Å². The zero-order valence-electron chi connectivity index (χ0n) is 16.2. The molecule has 8 heteroatoms. The molecule has 0 saturated heterocycles. The second-order valence-electron chi connectivity index (χ2n) is 7.10. The summed E-state index contributed by atoms with van der Waals surface area (Å²) in [6, 6.07) is 10.4. The van der Waals surface area contributed by atoms with Crippen LogP contribution < -0.4 is 10.6 Å². The molecule has 2 N–H and O–H groups in total. The third-order valence-corrected chi connectivity index (χ3v) is 4.82. The maximum Gasteiger partial charge on any atom is 0.258 e. The van der Waals surface area contributed by atoms with Crippen LogP contribution in [-0.4, -0.2) is 22.6 Å². The van der Waals surface area contributed by atoms with Crippen molar-refractivity contribution >= 4 is 24.0 Å². The van der Waals surface area contributed by atoms with Crippen LogP contribution in [0.5, 0.6) is 0 Å². The number of nitrogens with zero attached hydrogens (tertiary/aromatic N) is 2. The van der Waals surface area contributed by atoms with Crippen LogP contribution in [0, 0.1) is 5.82 Å². The highest BCUT2D eigenvalue weighted by molar-refractivity contribution is 6.08. The predicted octanol–water partition coefficient (Wildman–Crippen LogP) is 4.32. The van der Waals surface area contributed by atoms with Gasteiger partial charge in [-0.2, -0.15) is 4.98 Å². The van der Waals surface area contributed by atoms with Crippen molar-refractivity contribution in [2.75, 3.05) is 11.9 Å². The molecule has 0 fully saturated rings. The molecular weight excluding hydrogens is 395 g/mol. The molecule has 29 heavy (non-hydrogen) atoms.